The molecular formula is C4H8N4S2. The lowest BCUT2D eigenvalue weighted by atomic mass is 10.6. The number of nitrogen functional groups attached to an aromatic ring is 2. The zero-order valence-corrected chi connectivity index (χ0v) is 6.89. The van der Waals surface area contributed by atoms with Gasteiger partial charge in [0.05, 0.1) is 0 Å². The van der Waals surface area contributed by atoms with E-state index < -0.39 is 0 Å². The van der Waals surface area contributed by atoms with Gasteiger partial charge in [-0.05, 0) is 6.07 Å². The number of hydrogen-bond donors (Lipinski definition) is 4. The second-order valence-electron chi connectivity index (χ2n) is 1.34. The molecule has 0 aliphatic carbocycles. The molecule has 0 saturated heterocycles. The first-order valence-electron chi connectivity index (χ1n) is 2.33. The molecule has 0 saturated carbocycles. The van der Waals surface area contributed by atoms with Crippen LogP contribution >= 0.6 is 23.3 Å². The van der Waals surface area contributed by atoms with Crippen molar-refractivity contribution in [3.63, 3.8) is 0 Å². The number of rotatable bonds is 0. The summed E-state index contributed by atoms with van der Waals surface area (Å²) < 4.78 is 0. The van der Waals surface area contributed by atoms with Crippen molar-refractivity contribution in [2.24, 2.45) is 0 Å². The number of aromatic nitrogens is 2. The molecule has 6 heteroatoms. The fourth-order valence-corrected chi connectivity index (χ4v) is 0.388. The highest BCUT2D eigenvalue weighted by Crippen LogP contribution is 1.94. The molecule has 10 heavy (non-hydrogen) atoms. The van der Waals surface area contributed by atoms with Gasteiger partial charge in [-0.15, -0.1) is 23.3 Å². The Kier molecular flexibility index (Phi) is 4.87. The SMILES string of the molecule is Nc1ccnc(N)n1.SS. The summed E-state index contributed by atoms with van der Waals surface area (Å²) in [4.78, 5) is 7.24. The van der Waals surface area contributed by atoms with Gasteiger partial charge in [0.25, 0.3) is 0 Å². The van der Waals surface area contributed by atoms with E-state index in [1.54, 1.807) is 6.07 Å². The van der Waals surface area contributed by atoms with Gasteiger partial charge < -0.3 is 11.5 Å². The Hall–Kier alpha value is -0.620. The predicted octanol–water partition coefficient (Wildman–Crippen LogP) is 0.402. The van der Waals surface area contributed by atoms with Crippen molar-refractivity contribution >= 4 is 35.1 Å². The van der Waals surface area contributed by atoms with Crippen LogP contribution in [0.4, 0.5) is 11.8 Å². The van der Waals surface area contributed by atoms with Crippen molar-refractivity contribution in [3.8, 4) is 0 Å². The number of thiol groups is 2. The molecule has 1 aromatic heterocycles. The number of nitrogens with two attached hydrogens (primary N) is 2. The zero-order valence-electron chi connectivity index (χ0n) is 5.10. The second-order valence-corrected chi connectivity index (χ2v) is 1.34. The van der Waals surface area contributed by atoms with Gasteiger partial charge in [0.2, 0.25) is 5.95 Å². The Balaban J connectivity index is 0.000000371. The second kappa shape index (κ2) is 5.19. The van der Waals surface area contributed by atoms with Crippen LogP contribution in [-0.4, -0.2) is 9.97 Å². The first-order valence-corrected chi connectivity index (χ1v) is 3.93. The molecule has 0 atom stereocenters. The molecule has 4 nitrogen and oxygen atoms in total. The average molecular weight is 176 g/mol. The summed E-state index contributed by atoms with van der Waals surface area (Å²) in [7, 11) is 0. The molecule has 56 valence electrons. The molecule has 0 amide bonds. The maximum Gasteiger partial charge on any atom is 0.221 e. The Labute approximate surface area is 69.3 Å². The molecule has 0 aliphatic rings. The van der Waals surface area contributed by atoms with Crippen LogP contribution in [-0.2, 0) is 0 Å². The third-order valence-corrected chi connectivity index (χ3v) is 0.696. The molecule has 0 unspecified atom stereocenters. The van der Waals surface area contributed by atoms with E-state index >= 15 is 0 Å². The Morgan fingerprint density at radius 1 is 1.30 bits per heavy atom. The summed E-state index contributed by atoms with van der Waals surface area (Å²) in [6.45, 7) is 0. The van der Waals surface area contributed by atoms with Gasteiger partial charge in [0.15, 0.2) is 0 Å². The summed E-state index contributed by atoms with van der Waals surface area (Å²) in [5, 5.41) is 0. The van der Waals surface area contributed by atoms with Gasteiger partial charge in [0, 0.05) is 6.20 Å². The normalized spacial score (nSPS) is 7.80. The van der Waals surface area contributed by atoms with Crippen LogP contribution in [0.3, 0.4) is 0 Å². The zero-order chi connectivity index (χ0) is 7.98. The lowest BCUT2D eigenvalue weighted by Crippen LogP contribution is -1.96. The molecule has 0 spiro atoms. The number of nitrogens with zero attached hydrogens (tertiary/aromatic N) is 2. The molecule has 0 radical (unpaired) electrons. The summed E-state index contributed by atoms with van der Waals surface area (Å²) in [6, 6.07) is 1.58. The Bertz CT molecular complexity index is 175. The van der Waals surface area contributed by atoms with E-state index in [2.05, 4.69) is 33.3 Å². The van der Waals surface area contributed by atoms with E-state index in [-0.39, 0.29) is 5.95 Å². The minimum atomic E-state index is 0.213. The monoisotopic (exact) mass is 176 g/mol. The van der Waals surface area contributed by atoms with Crippen LogP contribution in [0.2, 0.25) is 0 Å². The summed E-state index contributed by atoms with van der Waals surface area (Å²) >= 11 is 6.44. The molecule has 1 aromatic rings. The minimum Gasteiger partial charge on any atom is -0.384 e. The van der Waals surface area contributed by atoms with Crippen molar-refractivity contribution in [1.29, 1.82) is 0 Å². The van der Waals surface area contributed by atoms with Crippen molar-refractivity contribution in [1.82, 2.24) is 9.97 Å². The van der Waals surface area contributed by atoms with Crippen LogP contribution in [0.5, 0.6) is 0 Å². The molecule has 0 aromatic carbocycles. The van der Waals surface area contributed by atoms with E-state index in [0.29, 0.717) is 5.82 Å². The molecule has 1 rings (SSSR count). The molecule has 0 aliphatic heterocycles. The quantitative estimate of drug-likeness (QED) is 0.341. The average Bonchev–Trinajstić information content (AvgIpc) is 1.91. The highest BCUT2D eigenvalue weighted by molar-refractivity contribution is 8.59. The van der Waals surface area contributed by atoms with Crippen LogP contribution in [0.25, 0.3) is 0 Å². The first-order chi connectivity index (χ1) is 4.79. The molecular weight excluding hydrogens is 168 g/mol. The fraction of sp³-hybridized carbons (Fsp3) is 0. The lowest BCUT2D eigenvalue weighted by molar-refractivity contribution is 1.19. The van der Waals surface area contributed by atoms with Crippen molar-refractivity contribution in [2.45, 2.75) is 0 Å². The van der Waals surface area contributed by atoms with Crippen molar-refractivity contribution in [3.05, 3.63) is 12.3 Å². The van der Waals surface area contributed by atoms with Crippen molar-refractivity contribution < 1.29 is 0 Å². The Morgan fingerprint density at radius 3 is 2.20 bits per heavy atom. The molecule has 4 N–H and O–H groups in total. The van der Waals surface area contributed by atoms with Crippen LogP contribution in [0, 0.1) is 0 Å². The summed E-state index contributed by atoms with van der Waals surface area (Å²) in [5.41, 5.74) is 10.4. The van der Waals surface area contributed by atoms with E-state index in [4.69, 9.17) is 11.5 Å². The summed E-state index contributed by atoms with van der Waals surface area (Å²) in [5.74, 6) is 0.613. The maximum atomic E-state index is 5.23. The van der Waals surface area contributed by atoms with Gasteiger partial charge in [-0.25, -0.2) is 4.98 Å². The van der Waals surface area contributed by atoms with E-state index in [1.165, 1.54) is 6.20 Å². The van der Waals surface area contributed by atoms with Gasteiger partial charge in [-0.2, -0.15) is 4.98 Å². The standard InChI is InChI=1S/C4H6N4.H2S2/c5-3-1-2-7-4(6)8-3;1-2/h1-2H,(H4,5,6,7,8);1-2H. The summed E-state index contributed by atoms with van der Waals surface area (Å²) in [6.07, 6.45) is 1.51. The van der Waals surface area contributed by atoms with E-state index in [9.17, 15) is 0 Å². The van der Waals surface area contributed by atoms with Crippen LogP contribution in [0.15, 0.2) is 12.3 Å². The van der Waals surface area contributed by atoms with Gasteiger partial charge in [-0.3, -0.25) is 0 Å². The van der Waals surface area contributed by atoms with Gasteiger partial charge >= 0.3 is 0 Å². The molecule has 0 fully saturated rings. The first kappa shape index (κ1) is 9.38. The van der Waals surface area contributed by atoms with Gasteiger partial charge in [-0.1, -0.05) is 0 Å². The van der Waals surface area contributed by atoms with Crippen LogP contribution < -0.4 is 11.5 Å². The third kappa shape index (κ3) is 3.41. The molecule has 0 bridgehead atoms. The van der Waals surface area contributed by atoms with Crippen LogP contribution in [0.1, 0.15) is 0 Å². The highest BCUT2D eigenvalue weighted by Gasteiger charge is 1.84. The highest BCUT2D eigenvalue weighted by atomic mass is 33.1. The number of anilines is 2. The van der Waals surface area contributed by atoms with Crippen molar-refractivity contribution in [2.75, 3.05) is 11.5 Å². The fourth-order valence-electron chi connectivity index (χ4n) is 0.388. The van der Waals surface area contributed by atoms with E-state index in [1.807, 2.05) is 0 Å². The molecule has 1 heterocycles. The maximum absolute atomic E-state index is 5.23. The largest absolute Gasteiger partial charge is 0.384 e. The minimum absolute atomic E-state index is 0.213. The third-order valence-electron chi connectivity index (χ3n) is 0.696. The lowest BCUT2D eigenvalue weighted by Gasteiger charge is -1.89. The topological polar surface area (TPSA) is 77.8 Å². The number of hydrogen-bond acceptors (Lipinski definition) is 6. The van der Waals surface area contributed by atoms with E-state index in [0.717, 1.165) is 0 Å². The predicted molar refractivity (Wildman–Crippen MR) is 48.8 cm³/mol. The Morgan fingerprint density at radius 2 is 1.90 bits per heavy atom. The smallest absolute Gasteiger partial charge is 0.221 e. The van der Waals surface area contributed by atoms with Gasteiger partial charge in [0.1, 0.15) is 5.82 Å².